The number of aromatic nitrogens is 4. The summed E-state index contributed by atoms with van der Waals surface area (Å²) >= 11 is 0. The number of H-pyrrole nitrogens is 1. The number of nitrogens with zero attached hydrogens (tertiary/aromatic N) is 3. The number of hydrogen-bond acceptors (Lipinski definition) is 4. The Labute approximate surface area is 113 Å². The molecule has 0 unspecified atom stereocenters. The Morgan fingerprint density at radius 3 is 2.95 bits per heavy atom. The minimum atomic E-state index is 0.581. The topological polar surface area (TPSA) is 66.5 Å². The van der Waals surface area contributed by atoms with Crippen LogP contribution in [0.25, 0.3) is 11.2 Å². The highest BCUT2D eigenvalue weighted by Crippen LogP contribution is 2.33. The third-order valence-corrected chi connectivity index (χ3v) is 3.87. The average Bonchev–Trinajstić information content (AvgIpc) is 3.08. The van der Waals surface area contributed by atoms with E-state index in [9.17, 15) is 0 Å². The average molecular weight is 259 g/mol. The van der Waals surface area contributed by atoms with Gasteiger partial charge in [0.1, 0.15) is 12.2 Å². The van der Waals surface area contributed by atoms with Crippen molar-refractivity contribution >= 4 is 17.0 Å². The van der Waals surface area contributed by atoms with Gasteiger partial charge >= 0.3 is 0 Å². The van der Waals surface area contributed by atoms with Crippen molar-refractivity contribution in [1.82, 2.24) is 19.9 Å². The molecule has 19 heavy (non-hydrogen) atoms. The molecule has 1 fully saturated rings. The van der Waals surface area contributed by atoms with Crippen molar-refractivity contribution in [3.05, 3.63) is 12.2 Å². The lowest BCUT2D eigenvalue weighted by atomic mass is 10.1. The quantitative estimate of drug-likeness (QED) is 0.809. The van der Waals surface area contributed by atoms with Crippen LogP contribution in [-0.4, -0.2) is 26.5 Å². The van der Waals surface area contributed by atoms with Crippen molar-refractivity contribution in [1.29, 1.82) is 0 Å². The standard InChI is InChI=1S/C14H21N5/c1-2-3-8-15-13-11-14(17-9-16-13)19-12(18-11)10-6-4-5-7-10/h9-10H,2-8H2,1H3,(H2,15,16,17,18,19). The van der Waals surface area contributed by atoms with E-state index in [1.54, 1.807) is 6.33 Å². The van der Waals surface area contributed by atoms with Gasteiger partial charge in [-0.25, -0.2) is 15.0 Å². The number of anilines is 1. The summed E-state index contributed by atoms with van der Waals surface area (Å²) < 4.78 is 0. The molecule has 2 heterocycles. The second kappa shape index (κ2) is 5.55. The van der Waals surface area contributed by atoms with Crippen LogP contribution in [0.4, 0.5) is 5.82 Å². The number of imidazole rings is 1. The SMILES string of the molecule is CCCCNc1ncnc2[nH]c(C3CCCC3)nc12. The highest BCUT2D eigenvalue weighted by molar-refractivity contribution is 5.82. The Hall–Kier alpha value is -1.65. The van der Waals surface area contributed by atoms with Crippen molar-refractivity contribution in [2.45, 2.75) is 51.4 Å². The molecule has 0 saturated heterocycles. The summed E-state index contributed by atoms with van der Waals surface area (Å²) in [5.41, 5.74) is 1.75. The van der Waals surface area contributed by atoms with Gasteiger partial charge in [0.25, 0.3) is 0 Å². The van der Waals surface area contributed by atoms with Gasteiger partial charge in [-0.05, 0) is 19.3 Å². The lowest BCUT2D eigenvalue weighted by Crippen LogP contribution is -2.03. The Morgan fingerprint density at radius 1 is 1.32 bits per heavy atom. The number of unbranched alkanes of at least 4 members (excludes halogenated alkanes) is 1. The summed E-state index contributed by atoms with van der Waals surface area (Å²) in [5.74, 6) is 2.53. The lowest BCUT2D eigenvalue weighted by Gasteiger charge is -2.04. The maximum atomic E-state index is 4.73. The number of fused-ring (bicyclic) bond motifs is 1. The Balaban J connectivity index is 1.86. The van der Waals surface area contributed by atoms with Crippen LogP contribution in [0.1, 0.15) is 57.2 Å². The number of rotatable bonds is 5. The van der Waals surface area contributed by atoms with Gasteiger partial charge in [0, 0.05) is 12.5 Å². The second-order valence-corrected chi connectivity index (χ2v) is 5.30. The second-order valence-electron chi connectivity index (χ2n) is 5.30. The summed E-state index contributed by atoms with van der Waals surface area (Å²) in [7, 11) is 0. The van der Waals surface area contributed by atoms with Gasteiger partial charge in [0.2, 0.25) is 0 Å². The molecule has 0 atom stereocenters. The molecular weight excluding hydrogens is 238 g/mol. The van der Waals surface area contributed by atoms with E-state index in [0.29, 0.717) is 5.92 Å². The van der Waals surface area contributed by atoms with Crippen LogP contribution >= 0.6 is 0 Å². The van der Waals surface area contributed by atoms with Gasteiger partial charge in [0.15, 0.2) is 17.0 Å². The van der Waals surface area contributed by atoms with Crippen LogP contribution < -0.4 is 5.32 Å². The van der Waals surface area contributed by atoms with Gasteiger partial charge in [-0.1, -0.05) is 26.2 Å². The van der Waals surface area contributed by atoms with Crippen LogP contribution in [0.3, 0.4) is 0 Å². The highest BCUT2D eigenvalue weighted by Gasteiger charge is 2.21. The molecule has 1 aliphatic carbocycles. The Morgan fingerprint density at radius 2 is 2.16 bits per heavy atom. The molecule has 5 heteroatoms. The van der Waals surface area contributed by atoms with Crippen LogP contribution in [0.15, 0.2) is 6.33 Å². The molecule has 0 bridgehead atoms. The van der Waals surface area contributed by atoms with Crippen LogP contribution in [0.5, 0.6) is 0 Å². The third kappa shape index (κ3) is 2.55. The van der Waals surface area contributed by atoms with Gasteiger partial charge in [-0.2, -0.15) is 0 Å². The fourth-order valence-electron chi connectivity index (χ4n) is 2.75. The van der Waals surface area contributed by atoms with E-state index >= 15 is 0 Å². The monoisotopic (exact) mass is 259 g/mol. The highest BCUT2D eigenvalue weighted by atomic mass is 15.1. The molecule has 2 aromatic rings. The number of hydrogen-bond donors (Lipinski definition) is 2. The van der Waals surface area contributed by atoms with Crippen LogP contribution in [-0.2, 0) is 0 Å². The molecule has 2 aromatic heterocycles. The van der Waals surface area contributed by atoms with E-state index in [0.717, 1.165) is 35.8 Å². The summed E-state index contributed by atoms with van der Waals surface area (Å²) in [5, 5.41) is 3.36. The first kappa shape index (κ1) is 12.4. The van der Waals surface area contributed by atoms with E-state index in [-0.39, 0.29) is 0 Å². The van der Waals surface area contributed by atoms with Gasteiger partial charge in [0.05, 0.1) is 0 Å². The fourth-order valence-corrected chi connectivity index (χ4v) is 2.75. The molecule has 1 saturated carbocycles. The predicted molar refractivity (Wildman–Crippen MR) is 76.3 cm³/mol. The van der Waals surface area contributed by atoms with Crippen LogP contribution in [0.2, 0.25) is 0 Å². The summed E-state index contributed by atoms with van der Waals surface area (Å²) in [6.07, 6.45) is 9.04. The molecule has 2 N–H and O–H groups in total. The molecule has 0 spiro atoms. The molecule has 0 amide bonds. The third-order valence-electron chi connectivity index (χ3n) is 3.87. The van der Waals surface area contributed by atoms with Crippen molar-refractivity contribution in [3.8, 4) is 0 Å². The lowest BCUT2D eigenvalue weighted by molar-refractivity contribution is 0.681. The Bertz CT molecular complexity index is 542. The van der Waals surface area contributed by atoms with E-state index < -0.39 is 0 Å². The molecule has 3 rings (SSSR count). The Kier molecular flexibility index (Phi) is 3.62. The molecule has 0 aliphatic heterocycles. The minimum Gasteiger partial charge on any atom is -0.368 e. The van der Waals surface area contributed by atoms with Crippen molar-refractivity contribution < 1.29 is 0 Å². The van der Waals surface area contributed by atoms with Crippen molar-refractivity contribution in [3.63, 3.8) is 0 Å². The predicted octanol–water partition coefficient (Wildman–Crippen LogP) is 3.22. The number of aromatic amines is 1. The summed E-state index contributed by atoms with van der Waals surface area (Å²) in [6.45, 7) is 3.12. The van der Waals surface area contributed by atoms with E-state index in [1.165, 1.54) is 32.1 Å². The molecule has 102 valence electrons. The van der Waals surface area contributed by atoms with Gasteiger partial charge in [-0.15, -0.1) is 0 Å². The number of nitrogens with one attached hydrogen (secondary N) is 2. The molecule has 0 radical (unpaired) electrons. The smallest absolute Gasteiger partial charge is 0.163 e. The summed E-state index contributed by atoms with van der Waals surface area (Å²) in [4.78, 5) is 16.7. The summed E-state index contributed by atoms with van der Waals surface area (Å²) in [6, 6.07) is 0. The van der Waals surface area contributed by atoms with E-state index in [4.69, 9.17) is 4.98 Å². The molecule has 5 nitrogen and oxygen atoms in total. The fraction of sp³-hybridized carbons (Fsp3) is 0.643. The zero-order valence-electron chi connectivity index (χ0n) is 11.4. The van der Waals surface area contributed by atoms with Gasteiger partial charge in [-0.3, -0.25) is 0 Å². The first-order chi connectivity index (χ1) is 9.38. The minimum absolute atomic E-state index is 0.581. The van der Waals surface area contributed by atoms with Crippen molar-refractivity contribution in [2.24, 2.45) is 0 Å². The molecule has 0 aromatic carbocycles. The maximum absolute atomic E-state index is 4.73. The van der Waals surface area contributed by atoms with E-state index in [1.807, 2.05) is 0 Å². The first-order valence-corrected chi connectivity index (χ1v) is 7.33. The van der Waals surface area contributed by atoms with E-state index in [2.05, 4.69) is 27.2 Å². The normalized spacial score (nSPS) is 16.3. The molecule has 1 aliphatic rings. The molecular formula is C14H21N5. The first-order valence-electron chi connectivity index (χ1n) is 7.33. The van der Waals surface area contributed by atoms with Crippen LogP contribution in [0, 0.1) is 0 Å². The van der Waals surface area contributed by atoms with Crippen molar-refractivity contribution in [2.75, 3.05) is 11.9 Å². The largest absolute Gasteiger partial charge is 0.368 e. The van der Waals surface area contributed by atoms with Gasteiger partial charge < -0.3 is 10.3 Å². The maximum Gasteiger partial charge on any atom is 0.163 e. The zero-order chi connectivity index (χ0) is 13.1. The zero-order valence-corrected chi connectivity index (χ0v) is 11.4.